The number of para-hydroxylation sites is 1. The van der Waals surface area contributed by atoms with E-state index in [0.29, 0.717) is 0 Å². The number of anilines is 4. The number of halogens is 2. The molecule has 0 unspecified atom stereocenters. The van der Waals surface area contributed by atoms with E-state index in [4.69, 9.17) is 5.73 Å². The fraction of sp³-hybridized carbons (Fsp3) is 0. The molecule has 0 saturated carbocycles. The smallest absolute Gasteiger partial charge is 0.272 e. The van der Waals surface area contributed by atoms with E-state index in [1.54, 1.807) is 12.1 Å². The SMILES string of the molecule is Nc1c(NNC(=O)c2ccccc2F)ncnc1Nc1ccccc1F. The first kappa shape index (κ1) is 17.1. The molecule has 0 fully saturated rings. The molecule has 0 saturated heterocycles. The van der Waals surface area contributed by atoms with E-state index in [-0.39, 0.29) is 28.6 Å². The first-order valence-corrected chi connectivity index (χ1v) is 7.49. The average Bonchev–Trinajstić information content (AvgIpc) is 2.64. The number of nitrogens with one attached hydrogen (secondary N) is 3. The van der Waals surface area contributed by atoms with E-state index in [9.17, 15) is 13.6 Å². The lowest BCUT2D eigenvalue weighted by molar-refractivity contribution is 0.0958. The van der Waals surface area contributed by atoms with Crippen molar-refractivity contribution in [1.29, 1.82) is 0 Å². The fourth-order valence-electron chi connectivity index (χ4n) is 2.11. The van der Waals surface area contributed by atoms with Gasteiger partial charge in [-0.05, 0) is 24.3 Å². The Balaban J connectivity index is 1.74. The van der Waals surface area contributed by atoms with Crippen LogP contribution < -0.4 is 21.9 Å². The number of hydrogen-bond acceptors (Lipinski definition) is 6. The Bertz CT molecular complexity index is 950. The third-order valence-electron chi connectivity index (χ3n) is 3.42. The Morgan fingerprint density at radius 2 is 1.58 bits per heavy atom. The van der Waals surface area contributed by atoms with Crippen LogP contribution in [0.15, 0.2) is 54.9 Å². The summed E-state index contributed by atoms with van der Waals surface area (Å²) in [5.41, 5.74) is 10.8. The highest BCUT2D eigenvalue weighted by Crippen LogP contribution is 2.26. The standard InChI is InChI=1S/C17H14F2N6O/c18-11-6-2-1-5-10(11)17(26)25-24-16-14(20)15(21-9-22-16)23-13-8-4-3-7-12(13)19/h1-9H,20H2,(H,25,26)(H2,21,22,23,24). The molecule has 1 heterocycles. The van der Waals surface area contributed by atoms with E-state index < -0.39 is 17.5 Å². The number of benzene rings is 2. The van der Waals surface area contributed by atoms with Crippen LogP contribution in [0.3, 0.4) is 0 Å². The van der Waals surface area contributed by atoms with Gasteiger partial charge in [-0.3, -0.25) is 15.6 Å². The van der Waals surface area contributed by atoms with E-state index >= 15 is 0 Å². The molecule has 0 spiro atoms. The third-order valence-corrected chi connectivity index (χ3v) is 3.42. The third kappa shape index (κ3) is 3.66. The van der Waals surface area contributed by atoms with Crippen molar-refractivity contribution in [1.82, 2.24) is 15.4 Å². The summed E-state index contributed by atoms with van der Waals surface area (Å²) in [5.74, 6) is -1.63. The molecular formula is C17H14F2N6O. The van der Waals surface area contributed by atoms with Gasteiger partial charge in [-0.2, -0.15) is 0 Å². The van der Waals surface area contributed by atoms with E-state index in [0.717, 1.165) is 0 Å². The van der Waals surface area contributed by atoms with E-state index in [2.05, 4.69) is 26.1 Å². The molecule has 0 radical (unpaired) electrons. The molecular weight excluding hydrogens is 342 g/mol. The zero-order chi connectivity index (χ0) is 18.5. The number of hydrazine groups is 1. The highest BCUT2D eigenvalue weighted by molar-refractivity contribution is 5.95. The van der Waals surface area contributed by atoms with E-state index in [1.165, 1.54) is 42.7 Å². The number of nitrogens with zero attached hydrogens (tertiary/aromatic N) is 2. The van der Waals surface area contributed by atoms with Crippen molar-refractivity contribution in [3.05, 3.63) is 72.1 Å². The molecule has 9 heteroatoms. The molecule has 0 bridgehead atoms. The monoisotopic (exact) mass is 356 g/mol. The lowest BCUT2D eigenvalue weighted by Crippen LogP contribution is -2.31. The number of hydrogen-bond donors (Lipinski definition) is 4. The van der Waals surface area contributed by atoms with Gasteiger partial charge in [-0.15, -0.1) is 0 Å². The maximum Gasteiger partial charge on any atom is 0.272 e. The van der Waals surface area contributed by atoms with Crippen molar-refractivity contribution in [3.8, 4) is 0 Å². The van der Waals surface area contributed by atoms with E-state index in [1.807, 2.05) is 0 Å². The van der Waals surface area contributed by atoms with Crippen molar-refractivity contribution in [2.24, 2.45) is 0 Å². The Morgan fingerprint density at radius 1 is 0.923 bits per heavy atom. The van der Waals surface area contributed by atoms with Crippen LogP contribution >= 0.6 is 0 Å². The number of amides is 1. The predicted octanol–water partition coefficient (Wildman–Crippen LogP) is 2.84. The Hall–Kier alpha value is -3.75. The van der Waals surface area contributed by atoms with Gasteiger partial charge in [0, 0.05) is 0 Å². The van der Waals surface area contributed by atoms with Gasteiger partial charge in [0.15, 0.2) is 11.6 Å². The second-order valence-electron chi connectivity index (χ2n) is 5.15. The van der Waals surface area contributed by atoms with Crippen LogP contribution in [0.25, 0.3) is 0 Å². The quantitative estimate of drug-likeness (QED) is 0.524. The summed E-state index contributed by atoms with van der Waals surface area (Å²) in [6.07, 6.45) is 1.18. The predicted molar refractivity (Wildman–Crippen MR) is 93.6 cm³/mol. The van der Waals surface area contributed by atoms with Crippen molar-refractivity contribution >= 4 is 28.9 Å². The molecule has 0 atom stereocenters. The Kier molecular flexibility index (Phi) is 4.88. The van der Waals surface area contributed by atoms with Gasteiger partial charge in [0.2, 0.25) is 0 Å². The second kappa shape index (κ2) is 7.43. The summed E-state index contributed by atoms with van der Waals surface area (Å²) in [7, 11) is 0. The molecule has 2 aromatic carbocycles. The molecule has 0 aliphatic carbocycles. The maximum atomic E-state index is 13.7. The molecule has 1 amide bonds. The highest BCUT2D eigenvalue weighted by atomic mass is 19.1. The topological polar surface area (TPSA) is 105 Å². The zero-order valence-electron chi connectivity index (χ0n) is 13.3. The lowest BCUT2D eigenvalue weighted by atomic mass is 10.2. The fourth-order valence-corrected chi connectivity index (χ4v) is 2.11. The number of carbonyl (C=O) groups is 1. The highest BCUT2D eigenvalue weighted by Gasteiger charge is 2.13. The van der Waals surface area contributed by atoms with Crippen LogP contribution in [0.2, 0.25) is 0 Å². The molecule has 1 aromatic heterocycles. The summed E-state index contributed by atoms with van der Waals surface area (Å²) >= 11 is 0. The molecule has 132 valence electrons. The number of rotatable bonds is 5. The minimum Gasteiger partial charge on any atom is -0.393 e. The number of carbonyl (C=O) groups excluding carboxylic acids is 1. The molecule has 3 aromatic rings. The molecule has 26 heavy (non-hydrogen) atoms. The molecule has 0 aliphatic rings. The molecule has 5 N–H and O–H groups in total. The van der Waals surface area contributed by atoms with Gasteiger partial charge >= 0.3 is 0 Å². The van der Waals surface area contributed by atoms with Crippen molar-refractivity contribution in [3.63, 3.8) is 0 Å². The van der Waals surface area contributed by atoms with Gasteiger partial charge < -0.3 is 11.1 Å². The minimum atomic E-state index is -0.704. The molecule has 0 aliphatic heterocycles. The average molecular weight is 356 g/mol. The summed E-state index contributed by atoms with van der Waals surface area (Å²) in [5, 5.41) is 2.75. The minimum absolute atomic E-state index is 0.0459. The van der Waals surface area contributed by atoms with Crippen molar-refractivity contribution in [2.45, 2.75) is 0 Å². The zero-order valence-corrected chi connectivity index (χ0v) is 13.3. The van der Waals surface area contributed by atoms with Crippen LogP contribution in [0.1, 0.15) is 10.4 Å². The first-order valence-electron chi connectivity index (χ1n) is 7.49. The van der Waals surface area contributed by atoms with Crippen LogP contribution in [-0.2, 0) is 0 Å². The summed E-state index contributed by atoms with van der Waals surface area (Å²) in [4.78, 5) is 19.9. The van der Waals surface area contributed by atoms with Crippen molar-refractivity contribution < 1.29 is 13.6 Å². The second-order valence-corrected chi connectivity index (χ2v) is 5.15. The van der Waals surface area contributed by atoms with Gasteiger partial charge in [0.1, 0.15) is 23.6 Å². The molecule has 7 nitrogen and oxygen atoms in total. The lowest BCUT2D eigenvalue weighted by Gasteiger charge is -2.13. The first-order chi connectivity index (χ1) is 12.6. The van der Waals surface area contributed by atoms with Gasteiger partial charge in [-0.25, -0.2) is 18.7 Å². The van der Waals surface area contributed by atoms with Crippen LogP contribution in [-0.4, -0.2) is 15.9 Å². The van der Waals surface area contributed by atoms with Gasteiger partial charge in [-0.1, -0.05) is 24.3 Å². The Morgan fingerprint density at radius 3 is 2.31 bits per heavy atom. The summed E-state index contributed by atoms with van der Waals surface area (Å²) in [6.45, 7) is 0. The van der Waals surface area contributed by atoms with Crippen LogP contribution in [0, 0.1) is 11.6 Å². The summed E-state index contributed by atoms with van der Waals surface area (Å²) < 4.78 is 27.3. The van der Waals surface area contributed by atoms with Gasteiger partial charge in [0.25, 0.3) is 5.91 Å². The number of nitrogens with two attached hydrogens (primary N) is 1. The largest absolute Gasteiger partial charge is 0.393 e. The summed E-state index contributed by atoms with van der Waals surface area (Å²) in [6, 6.07) is 11.5. The molecule has 3 rings (SSSR count). The normalized spacial score (nSPS) is 10.2. The van der Waals surface area contributed by atoms with Crippen LogP contribution in [0.4, 0.5) is 31.8 Å². The number of nitrogen functional groups attached to an aromatic ring is 1. The maximum absolute atomic E-state index is 13.7. The van der Waals surface area contributed by atoms with Crippen LogP contribution in [0.5, 0.6) is 0 Å². The van der Waals surface area contributed by atoms with Gasteiger partial charge in [0.05, 0.1) is 11.3 Å². The Labute approximate surface area is 147 Å². The number of aromatic nitrogens is 2. The van der Waals surface area contributed by atoms with Crippen molar-refractivity contribution in [2.75, 3.05) is 16.5 Å².